The highest BCUT2D eigenvalue weighted by Gasteiger charge is 2.20. The Bertz CT molecular complexity index is 1290. The van der Waals surface area contributed by atoms with Gasteiger partial charge in [-0.05, 0) is 38.5 Å². The van der Waals surface area contributed by atoms with Crippen LogP contribution in [0, 0.1) is 13.8 Å². The zero-order valence-electron chi connectivity index (χ0n) is 17.2. The van der Waals surface area contributed by atoms with Gasteiger partial charge in [0.2, 0.25) is 0 Å². The summed E-state index contributed by atoms with van der Waals surface area (Å²) in [6.45, 7) is 6.03. The van der Waals surface area contributed by atoms with Gasteiger partial charge in [0, 0.05) is 37.3 Å². The number of aromatic nitrogens is 2. The Morgan fingerprint density at radius 1 is 1.20 bits per heavy atom. The second kappa shape index (κ2) is 7.55. The highest BCUT2D eigenvalue weighted by molar-refractivity contribution is 6.07. The Hall–Kier alpha value is -3.81. The Morgan fingerprint density at radius 2 is 2.00 bits per heavy atom. The molecule has 2 amide bonds. The van der Waals surface area contributed by atoms with Crippen LogP contribution in [0.5, 0.6) is 11.5 Å². The molecule has 0 spiro atoms. The van der Waals surface area contributed by atoms with Crippen LogP contribution >= 0.6 is 0 Å². The van der Waals surface area contributed by atoms with Crippen LogP contribution in [0.25, 0.3) is 16.5 Å². The van der Waals surface area contributed by atoms with Crippen molar-refractivity contribution in [2.24, 2.45) is 0 Å². The molecule has 0 bridgehead atoms. The smallest absolute Gasteiger partial charge is 0.255 e. The fraction of sp³-hybridized carbons (Fsp3) is 0.227. The molecule has 3 aromatic heterocycles. The van der Waals surface area contributed by atoms with E-state index >= 15 is 0 Å². The first-order chi connectivity index (χ1) is 14.4. The van der Waals surface area contributed by atoms with Gasteiger partial charge < -0.3 is 19.8 Å². The molecule has 8 heteroatoms. The van der Waals surface area contributed by atoms with E-state index in [0.29, 0.717) is 46.0 Å². The zero-order chi connectivity index (χ0) is 21.4. The summed E-state index contributed by atoms with van der Waals surface area (Å²) in [4.78, 5) is 24.5. The van der Waals surface area contributed by atoms with Gasteiger partial charge in [-0.15, -0.1) is 0 Å². The maximum atomic E-state index is 12.3. The van der Waals surface area contributed by atoms with Crippen molar-refractivity contribution in [3.8, 4) is 11.5 Å². The first-order valence-electron chi connectivity index (χ1n) is 9.62. The summed E-state index contributed by atoms with van der Waals surface area (Å²) in [7, 11) is 1.58. The lowest BCUT2D eigenvalue weighted by molar-refractivity contribution is 0.0950. The van der Waals surface area contributed by atoms with Gasteiger partial charge >= 0.3 is 0 Å². The van der Waals surface area contributed by atoms with Gasteiger partial charge in [0.25, 0.3) is 11.8 Å². The molecule has 2 N–H and O–H groups in total. The molecule has 8 nitrogen and oxygen atoms in total. The van der Waals surface area contributed by atoms with E-state index in [4.69, 9.17) is 9.15 Å². The summed E-state index contributed by atoms with van der Waals surface area (Å²) >= 11 is 0. The van der Waals surface area contributed by atoms with E-state index in [1.54, 1.807) is 55.1 Å². The molecule has 0 fully saturated rings. The van der Waals surface area contributed by atoms with Crippen LogP contribution in [0.15, 0.2) is 41.1 Å². The number of amides is 2. The van der Waals surface area contributed by atoms with E-state index in [2.05, 4.69) is 15.7 Å². The monoisotopic (exact) mass is 406 g/mol. The molecule has 0 radical (unpaired) electrons. The molecule has 0 aliphatic carbocycles. The van der Waals surface area contributed by atoms with Crippen molar-refractivity contribution in [3.63, 3.8) is 0 Å². The van der Waals surface area contributed by atoms with E-state index < -0.39 is 0 Å². The normalized spacial score (nSPS) is 11.1. The molecule has 30 heavy (non-hydrogen) atoms. The summed E-state index contributed by atoms with van der Waals surface area (Å²) in [5.41, 5.74) is 3.11. The number of fused-ring (bicyclic) bond motifs is 2. The number of carbonyl (C=O) groups excluding carboxylic acids is 2. The molecule has 0 saturated heterocycles. The van der Waals surface area contributed by atoms with Gasteiger partial charge in [-0.3, -0.25) is 9.59 Å². The van der Waals surface area contributed by atoms with E-state index in [-0.39, 0.29) is 11.8 Å². The first kappa shape index (κ1) is 19.5. The van der Waals surface area contributed by atoms with Crippen LogP contribution in [0.3, 0.4) is 0 Å². The third-order valence-corrected chi connectivity index (χ3v) is 4.99. The van der Waals surface area contributed by atoms with Crippen molar-refractivity contribution >= 4 is 28.3 Å². The SMILES string of the molecule is CCNC(=O)c1cn2nccc(Oc3ccc4c(C(=O)NC)c(C)oc4c3)c2c1C. The summed E-state index contributed by atoms with van der Waals surface area (Å²) in [6.07, 6.45) is 3.31. The molecule has 4 aromatic rings. The third kappa shape index (κ3) is 3.16. The highest BCUT2D eigenvalue weighted by Crippen LogP contribution is 2.33. The molecule has 4 rings (SSSR count). The molecule has 0 aliphatic rings. The lowest BCUT2D eigenvalue weighted by Gasteiger charge is -2.08. The van der Waals surface area contributed by atoms with Crippen LogP contribution in [-0.2, 0) is 0 Å². The molecule has 0 saturated carbocycles. The highest BCUT2D eigenvalue weighted by atomic mass is 16.5. The largest absolute Gasteiger partial charge is 0.460 e. The summed E-state index contributed by atoms with van der Waals surface area (Å²) in [5.74, 6) is 1.31. The van der Waals surface area contributed by atoms with Crippen molar-refractivity contribution in [3.05, 3.63) is 59.1 Å². The Kier molecular flexibility index (Phi) is 4.91. The van der Waals surface area contributed by atoms with Gasteiger partial charge in [0.05, 0.1) is 17.3 Å². The Balaban J connectivity index is 1.75. The molecular formula is C22H22N4O4. The van der Waals surface area contributed by atoms with Crippen molar-refractivity contribution in [2.45, 2.75) is 20.8 Å². The minimum atomic E-state index is -0.197. The number of furan rings is 1. The van der Waals surface area contributed by atoms with Crippen molar-refractivity contribution in [2.75, 3.05) is 13.6 Å². The molecule has 0 atom stereocenters. The first-order valence-corrected chi connectivity index (χ1v) is 9.62. The second-order valence-electron chi connectivity index (χ2n) is 6.89. The van der Waals surface area contributed by atoms with Crippen LogP contribution in [0.1, 0.15) is 39.0 Å². The lowest BCUT2D eigenvalue weighted by Crippen LogP contribution is -2.22. The van der Waals surface area contributed by atoms with Crippen LogP contribution in [0.4, 0.5) is 0 Å². The average molecular weight is 406 g/mol. The van der Waals surface area contributed by atoms with Crippen LogP contribution in [0.2, 0.25) is 0 Å². The maximum absolute atomic E-state index is 12.3. The predicted molar refractivity (Wildman–Crippen MR) is 112 cm³/mol. The number of nitrogens with one attached hydrogen (secondary N) is 2. The average Bonchev–Trinajstić information content (AvgIpc) is 3.24. The minimum Gasteiger partial charge on any atom is -0.460 e. The number of hydrogen-bond acceptors (Lipinski definition) is 5. The quantitative estimate of drug-likeness (QED) is 0.528. The van der Waals surface area contributed by atoms with Crippen molar-refractivity contribution in [1.29, 1.82) is 0 Å². The molecule has 154 valence electrons. The molecule has 1 aromatic carbocycles. The third-order valence-electron chi connectivity index (χ3n) is 4.99. The second-order valence-corrected chi connectivity index (χ2v) is 6.89. The van der Waals surface area contributed by atoms with Gasteiger partial charge in [0.15, 0.2) is 5.75 Å². The summed E-state index contributed by atoms with van der Waals surface area (Å²) < 4.78 is 13.5. The molecule has 0 aliphatic heterocycles. The molecular weight excluding hydrogens is 384 g/mol. The van der Waals surface area contributed by atoms with Crippen molar-refractivity contribution < 1.29 is 18.7 Å². The number of ether oxygens (including phenoxy) is 1. The fourth-order valence-corrected chi connectivity index (χ4v) is 3.59. The Morgan fingerprint density at radius 3 is 2.73 bits per heavy atom. The number of carbonyl (C=O) groups is 2. The fourth-order valence-electron chi connectivity index (χ4n) is 3.59. The van der Waals surface area contributed by atoms with E-state index in [1.807, 2.05) is 13.8 Å². The molecule has 0 unspecified atom stereocenters. The van der Waals surface area contributed by atoms with E-state index in [9.17, 15) is 9.59 Å². The topological polar surface area (TPSA) is 97.9 Å². The lowest BCUT2D eigenvalue weighted by atomic mass is 10.1. The summed E-state index contributed by atoms with van der Waals surface area (Å²) in [5, 5.41) is 10.5. The number of nitrogens with zero attached hydrogens (tertiary/aromatic N) is 2. The van der Waals surface area contributed by atoms with E-state index in [1.165, 1.54) is 0 Å². The van der Waals surface area contributed by atoms with Crippen LogP contribution < -0.4 is 15.4 Å². The van der Waals surface area contributed by atoms with Gasteiger partial charge in [-0.25, -0.2) is 4.52 Å². The zero-order valence-corrected chi connectivity index (χ0v) is 17.2. The van der Waals surface area contributed by atoms with E-state index in [0.717, 1.165) is 10.9 Å². The van der Waals surface area contributed by atoms with Gasteiger partial charge in [0.1, 0.15) is 22.6 Å². The van der Waals surface area contributed by atoms with Crippen LogP contribution in [-0.4, -0.2) is 35.0 Å². The molecule has 3 heterocycles. The standard InChI is InChI=1S/C22H22N4O4/c1-5-24-21(27)16-11-26-20(12(16)2)17(8-9-25-26)30-14-6-7-15-18(10-14)29-13(3)19(15)22(28)23-4/h6-11H,5H2,1-4H3,(H,23,28)(H,24,27). The van der Waals surface area contributed by atoms with Gasteiger partial charge in [-0.1, -0.05) is 0 Å². The number of aryl methyl sites for hydroxylation is 2. The Labute approximate surface area is 172 Å². The number of benzene rings is 1. The number of rotatable bonds is 5. The predicted octanol–water partition coefficient (Wildman–Crippen LogP) is 3.60. The van der Waals surface area contributed by atoms with Gasteiger partial charge in [-0.2, -0.15) is 5.10 Å². The number of hydrogen-bond donors (Lipinski definition) is 2. The minimum absolute atomic E-state index is 0.152. The van der Waals surface area contributed by atoms with Crippen molar-refractivity contribution in [1.82, 2.24) is 20.2 Å². The summed E-state index contributed by atoms with van der Waals surface area (Å²) in [6, 6.07) is 7.07. The maximum Gasteiger partial charge on any atom is 0.255 e.